The Hall–Kier alpha value is -1.96. The van der Waals surface area contributed by atoms with Gasteiger partial charge in [-0.1, -0.05) is 67.5 Å². The highest BCUT2D eigenvalue weighted by atomic mass is 16.3. The summed E-state index contributed by atoms with van der Waals surface area (Å²) in [5.74, 6) is 1.70. The molecule has 2 aromatic rings. The Morgan fingerprint density at radius 1 is 0.500 bits per heavy atom. The topological polar surface area (TPSA) is 40.5 Å². The van der Waals surface area contributed by atoms with Crippen LogP contribution in [0.5, 0.6) is 11.5 Å². The highest BCUT2D eigenvalue weighted by Crippen LogP contribution is 2.47. The van der Waals surface area contributed by atoms with Crippen molar-refractivity contribution in [1.82, 2.24) is 0 Å². The molecule has 0 aliphatic heterocycles. The van der Waals surface area contributed by atoms with E-state index in [-0.39, 0.29) is 23.3 Å². The number of rotatable bonds is 5. The van der Waals surface area contributed by atoms with Crippen LogP contribution in [0.1, 0.15) is 101 Å². The molecule has 0 bridgehead atoms. The predicted octanol–water partition coefficient (Wildman–Crippen LogP) is 7.26. The van der Waals surface area contributed by atoms with Crippen LogP contribution >= 0.6 is 0 Å². The fourth-order valence-corrected chi connectivity index (χ4v) is 3.46. The summed E-state index contributed by atoms with van der Waals surface area (Å²) < 4.78 is 0. The minimum Gasteiger partial charge on any atom is -0.507 e. The number of aromatic hydroxyl groups is 2. The fraction of sp³-hybridized carbons (Fsp3) is 0.500. The highest BCUT2D eigenvalue weighted by molar-refractivity contribution is 5.82. The molecular weight excluding hydrogens is 320 g/mol. The molecule has 0 spiro atoms. The molecule has 2 aromatic carbocycles. The maximum Gasteiger partial charge on any atom is 0.124 e. The van der Waals surface area contributed by atoms with Crippen LogP contribution < -0.4 is 0 Å². The zero-order valence-electron chi connectivity index (χ0n) is 17.5. The minimum atomic E-state index is 0.249. The van der Waals surface area contributed by atoms with Gasteiger partial charge in [0.2, 0.25) is 0 Å². The van der Waals surface area contributed by atoms with Crippen molar-refractivity contribution in [2.45, 2.75) is 79.1 Å². The third-order valence-corrected chi connectivity index (χ3v) is 5.17. The van der Waals surface area contributed by atoms with Crippen molar-refractivity contribution in [3.8, 4) is 22.6 Å². The van der Waals surface area contributed by atoms with Gasteiger partial charge in [0, 0.05) is 11.1 Å². The van der Waals surface area contributed by atoms with E-state index in [2.05, 4.69) is 67.5 Å². The van der Waals surface area contributed by atoms with Gasteiger partial charge in [-0.05, 0) is 58.1 Å². The zero-order chi connectivity index (χ0) is 19.8. The van der Waals surface area contributed by atoms with Crippen LogP contribution in [0.15, 0.2) is 24.3 Å². The van der Waals surface area contributed by atoms with Crippen LogP contribution in [0.25, 0.3) is 11.1 Å². The summed E-state index contributed by atoms with van der Waals surface area (Å²) in [7, 11) is 0. The van der Waals surface area contributed by atoms with Crippen molar-refractivity contribution in [2.75, 3.05) is 0 Å². The number of phenols is 2. The number of hydrogen-bond acceptors (Lipinski definition) is 2. The summed E-state index contributed by atoms with van der Waals surface area (Å²) in [6.07, 6.45) is 0. The lowest BCUT2D eigenvalue weighted by atomic mass is 9.82. The first-order chi connectivity index (χ1) is 12.0. The smallest absolute Gasteiger partial charge is 0.124 e. The highest BCUT2D eigenvalue weighted by Gasteiger charge is 2.23. The van der Waals surface area contributed by atoms with E-state index in [0.717, 1.165) is 33.4 Å². The van der Waals surface area contributed by atoms with Gasteiger partial charge in [0.05, 0.1) is 0 Å². The van der Waals surface area contributed by atoms with E-state index in [1.54, 1.807) is 0 Å². The monoisotopic (exact) mass is 354 g/mol. The van der Waals surface area contributed by atoms with Gasteiger partial charge >= 0.3 is 0 Å². The third-order valence-electron chi connectivity index (χ3n) is 5.17. The van der Waals surface area contributed by atoms with Crippen LogP contribution in [0.4, 0.5) is 0 Å². The van der Waals surface area contributed by atoms with Gasteiger partial charge in [0.1, 0.15) is 11.5 Å². The van der Waals surface area contributed by atoms with Gasteiger partial charge in [-0.25, -0.2) is 0 Å². The van der Waals surface area contributed by atoms with Crippen LogP contribution in [0.2, 0.25) is 0 Å². The molecule has 0 aromatic heterocycles. The lowest BCUT2D eigenvalue weighted by Gasteiger charge is -2.23. The molecule has 0 aliphatic carbocycles. The molecule has 26 heavy (non-hydrogen) atoms. The Bertz CT molecular complexity index is 716. The van der Waals surface area contributed by atoms with Gasteiger partial charge in [-0.2, -0.15) is 0 Å². The Kier molecular flexibility index (Phi) is 6.05. The van der Waals surface area contributed by atoms with Gasteiger partial charge in [-0.3, -0.25) is 0 Å². The standard InChI is InChI=1S/C24H34O2/c1-13(2)17-9-19(15(5)6)23(21(25)11-17)24-20(16(7)8)10-18(14(3)4)12-22(24)26/h9-16,25-26H,1-8H3. The molecule has 0 radical (unpaired) electrons. The quantitative estimate of drug-likeness (QED) is 0.593. The molecule has 2 nitrogen and oxygen atoms in total. The van der Waals surface area contributed by atoms with E-state index < -0.39 is 0 Å². The molecule has 0 saturated carbocycles. The average Bonchev–Trinajstić information content (AvgIpc) is 2.53. The molecule has 0 fully saturated rings. The summed E-state index contributed by atoms with van der Waals surface area (Å²) >= 11 is 0. The van der Waals surface area contributed by atoms with Crippen molar-refractivity contribution in [1.29, 1.82) is 0 Å². The van der Waals surface area contributed by atoms with Crippen molar-refractivity contribution in [3.63, 3.8) is 0 Å². The van der Waals surface area contributed by atoms with Gasteiger partial charge < -0.3 is 10.2 Å². The van der Waals surface area contributed by atoms with Crippen molar-refractivity contribution >= 4 is 0 Å². The number of hydrogen-bond donors (Lipinski definition) is 2. The zero-order valence-corrected chi connectivity index (χ0v) is 17.5. The lowest BCUT2D eigenvalue weighted by molar-refractivity contribution is 0.466. The Morgan fingerprint density at radius 2 is 0.808 bits per heavy atom. The van der Waals surface area contributed by atoms with Crippen LogP contribution in [0.3, 0.4) is 0 Å². The van der Waals surface area contributed by atoms with E-state index in [4.69, 9.17) is 0 Å². The normalized spacial score (nSPS) is 12.0. The Balaban J connectivity index is 2.87. The maximum atomic E-state index is 10.9. The van der Waals surface area contributed by atoms with Crippen LogP contribution in [0, 0.1) is 0 Å². The van der Waals surface area contributed by atoms with E-state index in [1.807, 2.05) is 12.1 Å². The molecule has 0 aliphatic rings. The Labute approximate surface area is 158 Å². The second-order valence-electron chi connectivity index (χ2n) is 8.63. The first-order valence-corrected chi connectivity index (χ1v) is 9.78. The van der Waals surface area contributed by atoms with Gasteiger partial charge in [0.15, 0.2) is 0 Å². The second kappa shape index (κ2) is 7.73. The van der Waals surface area contributed by atoms with Crippen molar-refractivity contribution in [2.24, 2.45) is 0 Å². The first kappa shape index (κ1) is 20.4. The first-order valence-electron chi connectivity index (χ1n) is 9.78. The summed E-state index contributed by atoms with van der Waals surface area (Å²) in [5.41, 5.74) is 5.98. The molecule has 2 heteroatoms. The molecule has 142 valence electrons. The molecular formula is C24H34O2. The number of phenolic OH excluding ortho intramolecular Hbond substituents is 2. The predicted molar refractivity (Wildman–Crippen MR) is 112 cm³/mol. The fourth-order valence-electron chi connectivity index (χ4n) is 3.46. The van der Waals surface area contributed by atoms with E-state index in [1.165, 1.54) is 0 Å². The van der Waals surface area contributed by atoms with Crippen LogP contribution in [-0.2, 0) is 0 Å². The van der Waals surface area contributed by atoms with Crippen LogP contribution in [-0.4, -0.2) is 10.2 Å². The van der Waals surface area contributed by atoms with Crippen molar-refractivity contribution < 1.29 is 10.2 Å². The molecule has 2 rings (SSSR count). The molecule has 0 unspecified atom stereocenters. The molecule has 0 heterocycles. The minimum absolute atomic E-state index is 0.249. The van der Waals surface area contributed by atoms with E-state index in [0.29, 0.717) is 11.8 Å². The SMILES string of the molecule is CC(C)c1cc(O)c(-c2c(O)cc(C(C)C)cc2C(C)C)c(C(C)C)c1. The molecule has 0 saturated heterocycles. The summed E-state index contributed by atoms with van der Waals surface area (Å²) in [6.45, 7) is 17.1. The average molecular weight is 355 g/mol. The summed E-state index contributed by atoms with van der Waals surface area (Å²) in [6, 6.07) is 8.08. The third kappa shape index (κ3) is 3.90. The molecule has 2 N–H and O–H groups in total. The van der Waals surface area contributed by atoms with E-state index >= 15 is 0 Å². The Morgan fingerprint density at radius 3 is 1.04 bits per heavy atom. The number of benzene rings is 2. The van der Waals surface area contributed by atoms with Crippen molar-refractivity contribution in [3.05, 3.63) is 46.5 Å². The molecule has 0 amide bonds. The summed E-state index contributed by atoms with van der Waals surface area (Å²) in [4.78, 5) is 0. The summed E-state index contributed by atoms with van der Waals surface area (Å²) in [5, 5.41) is 21.8. The van der Waals surface area contributed by atoms with E-state index in [9.17, 15) is 10.2 Å². The van der Waals surface area contributed by atoms with Gasteiger partial charge in [-0.15, -0.1) is 0 Å². The van der Waals surface area contributed by atoms with Gasteiger partial charge in [0.25, 0.3) is 0 Å². The lowest BCUT2D eigenvalue weighted by Crippen LogP contribution is -2.02. The largest absolute Gasteiger partial charge is 0.507 e. The second-order valence-corrected chi connectivity index (χ2v) is 8.63. The maximum absolute atomic E-state index is 10.9. The molecule has 0 atom stereocenters.